The summed E-state index contributed by atoms with van der Waals surface area (Å²) in [6.07, 6.45) is 0. The van der Waals surface area contributed by atoms with Crippen LogP contribution in [0.25, 0.3) is 0 Å². The van der Waals surface area contributed by atoms with Gasteiger partial charge >= 0.3 is 0 Å². The van der Waals surface area contributed by atoms with Gasteiger partial charge in [-0.05, 0) is 40.6 Å². The van der Waals surface area contributed by atoms with Gasteiger partial charge in [0.1, 0.15) is 0 Å². The number of benzene rings is 2. The van der Waals surface area contributed by atoms with E-state index >= 15 is 0 Å². The van der Waals surface area contributed by atoms with Crippen LogP contribution in [0.3, 0.4) is 0 Å². The second kappa shape index (κ2) is 5.86. The molecule has 4 heteroatoms. The van der Waals surface area contributed by atoms with Crippen molar-refractivity contribution in [1.29, 1.82) is 0 Å². The van der Waals surface area contributed by atoms with Gasteiger partial charge in [-0.2, -0.15) is 0 Å². The fourth-order valence-electron chi connectivity index (χ4n) is 3.44. The number of rotatable bonds is 4. The van der Waals surface area contributed by atoms with E-state index in [-0.39, 0.29) is 5.91 Å². The Morgan fingerprint density at radius 1 is 1.05 bits per heavy atom. The molecular weight excluding hydrogens is 340 g/mol. The van der Waals surface area contributed by atoms with Crippen LogP contribution in [0.15, 0.2) is 53.0 Å². The van der Waals surface area contributed by atoms with Gasteiger partial charge in [-0.15, -0.1) is 0 Å². The predicted octanol–water partition coefficient (Wildman–Crippen LogP) is 3.99. The molecule has 0 saturated carbocycles. The molecule has 3 nitrogen and oxygen atoms in total. The molecule has 1 heterocycles. The average Bonchev–Trinajstić information content (AvgIpc) is 2.85. The Hall–Kier alpha value is -1.65. The molecule has 1 amide bonds. The van der Waals surface area contributed by atoms with E-state index in [0.29, 0.717) is 0 Å². The highest BCUT2D eigenvalue weighted by molar-refractivity contribution is 9.10. The summed E-state index contributed by atoms with van der Waals surface area (Å²) < 4.78 is 0.920. The molecule has 2 aromatic carbocycles. The van der Waals surface area contributed by atoms with Crippen LogP contribution >= 0.6 is 15.9 Å². The van der Waals surface area contributed by atoms with E-state index in [4.69, 9.17) is 0 Å². The van der Waals surface area contributed by atoms with E-state index < -0.39 is 5.54 Å². The Bertz CT molecular complexity index is 697. The average molecular weight is 359 g/mol. The van der Waals surface area contributed by atoms with Crippen molar-refractivity contribution in [2.45, 2.75) is 19.4 Å². The first-order valence-electron chi connectivity index (χ1n) is 7.57. The third-order valence-electron chi connectivity index (χ3n) is 4.40. The van der Waals surface area contributed by atoms with Gasteiger partial charge in [0.05, 0.1) is 5.69 Å². The minimum atomic E-state index is -0.760. The largest absolute Gasteiger partial charge is 0.323 e. The van der Waals surface area contributed by atoms with Gasteiger partial charge in [0, 0.05) is 10.0 Å². The van der Waals surface area contributed by atoms with Gasteiger partial charge in [0.15, 0.2) is 5.54 Å². The number of fused-ring (bicyclic) bond motifs is 1. The SMILES string of the molecule is CCN(CC)C1(c2ccccc2)C(=O)Nc2c(Br)cccc21. The zero-order valence-electron chi connectivity index (χ0n) is 12.8. The molecule has 0 radical (unpaired) electrons. The van der Waals surface area contributed by atoms with Gasteiger partial charge < -0.3 is 5.32 Å². The van der Waals surface area contributed by atoms with Gasteiger partial charge in [0.25, 0.3) is 5.91 Å². The fraction of sp³-hybridized carbons (Fsp3) is 0.278. The first-order chi connectivity index (χ1) is 10.7. The minimum absolute atomic E-state index is 0.0179. The van der Waals surface area contributed by atoms with Gasteiger partial charge in [-0.1, -0.05) is 56.3 Å². The van der Waals surface area contributed by atoms with Crippen LogP contribution in [-0.2, 0) is 10.3 Å². The molecule has 0 spiro atoms. The molecule has 0 aromatic heterocycles. The van der Waals surface area contributed by atoms with Crippen LogP contribution in [0.4, 0.5) is 5.69 Å². The normalized spacial score (nSPS) is 20.1. The number of halogens is 1. The maximum Gasteiger partial charge on any atom is 0.254 e. The maximum absolute atomic E-state index is 13.1. The van der Waals surface area contributed by atoms with Crippen LogP contribution in [0.5, 0.6) is 0 Å². The Kier molecular flexibility index (Phi) is 4.06. The predicted molar refractivity (Wildman–Crippen MR) is 92.9 cm³/mol. The van der Waals surface area contributed by atoms with Crippen LogP contribution in [0.1, 0.15) is 25.0 Å². The van der Waals surface area contributed by atoms with Crippen LogP contribution in [0, 0.1) is 0 Å². The molecule has 1 atom stereocenters. The highest BCUT2D eigenvalue weighted by Crippen LogP contribution is 2.47. The molecule has 0 bridgehead atoms. The summed E-state index contributed by atoms with van der Waals surface area (Å²) in [5.74, 6) is 0.0179. The fourth-order valence-corrected chi connectivity index (χ4v) is 3.90. The molecule has 1 N–H and O–H groups in total. The third-order valence-corrected chi connectivity index (χ3v) is 5.06. The molecule has 0 fully saturated rings. The Morgan fingerprint density at radius 2 is 1.73 bits per heavy atom. The molecule has 2 aromatic rings. The van der Waals surface area contributed by atoms with E-state index in [0.717, 1.165) is 34.4 Å². The second-order valence-electron chi connectivity index (χ2n) is 5.37. The number of amides is 1. The first-order valence-corrected chi connectivity index (χ1v) is 8.36. The van der Waals surface area contributed by atoms with Gasteiger partial charge in [-0.3, -0.25) is 9.69 Å². The monoisotopic (exact) mass is 358 g/mol. The van der Waals surface area contributed by atoms with Crippen LogP contribution in [0.2, 0.25) is 0 Å². The van der Waals surface area contributed by atoms with Crippen LogP contribution in [-0.4, -0.2) is 23.9 Å². The molecule has 0 saturated heterocycles. The number of nitrogens with zero attached hydrogens (tertiary/aromatic N) is 1. The van der Waals surface area contributed by atoms with Crippen molar-refractivity contribution in [2.75, 3.05) is 18.4 Å². The zero-order chi connectivity index (χ0) is 15.7. The van der Waals surface area contributed by atoms with E-state index in [9.17, 15) is 4.79 Å². The number of likely N-dealkylation sites (N-methyl/N-ethyl adjacent to an activating group) is 1. The Labute approximate surface area is 139 Å². The lowest BCUT2D eigenvalue weighted by atomic mass is 9.82. The molecule has 0 aliphatic carbocycles. The lowest BCUT2D eigenvalue weighted by Gasteiger charge is -2.39. The minimum Gasteiger partial charge on any atom is -0.323 e. The molecule has 1 aliphatic heterocycles. The summed E-state index contributed by atoms with van der Waals surface area (Å²) in [4.78, 5) is 15.3. The third kappa shape index (κ3) is 2.02. The van der Waals surface area contributed by atoms with E-state index in [1.807, 2.05) is 48.5 Å². The summed E-state index contributed by atoms with van der Waals surface area (Å²) in [7, 11) is 0. The molecular formula is C18H19BrN2O. The molecule has 114 valence electrons. The van der Waals surface area contributed by atoms with E-state index in [1.165, 1.54) is 0 Å². The summed E-state index contributed by atoms with van der Waals surface area (Å²) in [5, 5.41) is 3.08. The number of nitrogens with one attached hydrogen (secondary N) is 1. The summed E-state index contributed by atoms with van der Waals surface area (Å²) >= 11 is 3.56. The lowest BCUT2D eigenvalue weighted by molar-refractivity contribution is -0.125. The van der Waals surface area contributed by atoms with Crippen molar-refractivity contribution in [3.8, 4) is 0 Å². The van der Waals surface area contributed by atoms with Crippen molar-refractivity contribution in [3.05, 3.63) is 64.1 Å². The second-order valence-corrected chi connectivity index (χ2v) is 6.22. The Morgan fingerprint density at radius 3 is 2.36 bits per heavy atom. The quantitative estimate of drug-likeness (QED) is 0.896. The number of para-hydroxylation sites is 1. The van der Waals surface area contributed by atoms with E-state index in [2.05, 4.69) is 40.0 Å². The highest BCUT2D eigenvalue weighted by atomic mass is 79.9. The number of hydrogen-bond acceptors (Lipinski definition) is 2. The number of hydrogen-bond donors (Lipinski definition) is 1. The maximum atomic E-state index is 13.1. The van der Waals surface area contributed by atoms with Crippen LogP contribution < -0.4 is 5.32 Å². The van der Waals surface area contributed by atoms with Crippen molar-refractivity contribution in [3.63, 3.8) is 0 Å². The van der Waals surface area contributed by atoms with Crippen molar-refractivity contribution < 1.29 is 4.79 Å². The first kappa shape index (κ1) is 15.3. The number of anilines is 1. The smallest absolute Gasteiger partial charge is 0.254 e. The molecule has 22 heavy (non-hydrogen) atoms. The summed E-state index contributed by atoms with van der Waals surface area (Å²) in [5.41, 5.74) is 2.14. The van der Waals surface area contributed by atoms with E-state index in [1.54, 1.807) is 0 Å². The van der Waals surface area contributed by atoms with Crippen molar-refractivity contribution in [1.82, 2.24) is 4.90 Å². The topological polar surface area (TPSA) is 32.3 Å². The van der Waals surface area contributed by atoms with Crippen molar-refractivity contribution in [2.24, 2.45) is 0 Å². The zero-order valence-corrected chi connectivity index (χ0v) is 14.4. The summed E-state index contributed by atoms with van der Waals surface area (Å²) in [6.45, 7) is 5.78. The number of carbonyl (C=O) groups is 1. The lowest BCUT2D eigenvalue weighted by Crippen LogP contribution is -2.51. The van der Waals surface area contributed by atoms with Gasteiger partial charge in [0.2, 0.25) is 0 Å². The summed E-state index contributed by atoms with van der Waals surface area (Å²) in [6, 6.07) is 16.0. The molecule has 1 aliphatic rings. The van der Waals surface area contributed by atoms with Crippen molar-refractivity contribution >= 4 is 27.5 Å². The van der Waals surface area contributed by atoms with Gasteiger partial charge in [-0.25, -0.2) is 0 Å². The number of carbonyl (C=O) groups excluding carboxylic acids is 1. The molecule has 1 unspecified atom stereocenters. The molecule has 3 rings (SSSR count). The Balaban J connectivity index is 2.33. The highest BCUT2D eigenvalue weighted by Gasteiger charge is 2.52. The standard InChI is InChI=1S/C18H19BrN2O/c1-3-21(4-2)18(13-9-6-5-7-10-13)14-11-8-12-15(19)16(14)20-17(18)22/h5-12H,3-4H2,1-2H3,(H,20,22).